The fraction of sp³-hybridized carbons (Fsp3) is 0.214. The van der Waals surface area contributed by atoms with E-state index in [1.807, 2.05) is 47.4 Å². The number of anilines is 2. The van der Waals surface area contributed by atoms with E-state index in [4.69, 9.17) is 4.74 Å². The lowest BCUT2D eigenvalue weighted by Crippen LogP contribution is -2.48. The summed E-state index contributed by atoms with van der Waals surface area (Å²) in [5.74, 6) is 0.297. The highest BCUT2D eigenvalue weighted by Crippen LogP contribution is 2.42. The number of halogens is 1. The smallest absolute Gasteiger partial charge is 0.264 e. The Bertz CT molecular complexity index is 1330. The summed E-state index contributed by atoms with van der Waals surface area (Å²) in [6.45, 7) is 2.50. The van der Waals surface area contributed by atoms with Crippen molar-refractivity contribution >= 4 is 41.0 Å². The van der Waals surface area contributed by atoms with Gasteiger partial charge in [-0.15, -0.1) is 0 Å². The van der Waals surface area contributed by atoms with Gasteiger partial charge in [0.05, 0.1) is 17.7 Å². The lowest BCUT2D eigenvalue weighted by Gasteiger charge is -2.36. The zero-order valence-corrected chi connectivity index (χ0v) is 20.9. The van der Waals surface area contributed by atoms with Gasteiger partial charge in [0.1, 0.15) is 11.6 Å². The number of benzene rings is 3. The van der Waals surface area contributed by atoms with Gasteiger partial charge in [0.2, 0.25) is 0 Å². The molecule has 0 unspecified atom stereocenters. The van der Waals surface area contributed by atoms with Crippen molar-refractivity contribution in [1.82, 2.24) is 4.90 Å². The second-order valence-corrected chi connectivity index (χ2v) is 9.77. The van der Waals surface area contributed by atoms with Gasteiger partial charge in [-0.1, -0.05) is 23.9 Å². The Labute approximate surface area is 213 Å². The van der Waals surface area contributed by atoms with Gasteiger partial charge in [0.15, 0.2) is 0 Å². The van der Waals surface area contributed by atoms with Crippen LogP contribution in [-0.4, -0.2) is 57.1 Å². The predicted octanol–water partition coefficient (Wildman–Crippen LogP) is 4.91. The third kappa shape index (κ3) is 4.81. The van der Waals surface area contributed by atoms with Crippen LogP contribution in [0.5, 0.6) is 5.75 Å². The molecule has 2 aliphatic heterocycles. The number of rotatable bonds is 4. The van der Waals surface area contributed by atoms with Crippen molar-refractivity contribution in [3.05, 3.63) is 88.6 Å². The number of fused-ring (bicyclic) bond motifs is 1. The molecule has 8 heteroatoms. The van der Waals surface area contributed by atoms with E-state index in [0.29, 0.717) is 36.6 Å². The number of nitrogens with zero attached hydrogens (tertiary/aromatic N) is 3. The van der Waals surface area contributed by atoms with Crippen molar-refractivity contribution in [3.8, 4) is 5.75 Å². The first-order valence-electron chi connectivity index (χ1n) is 11.7. The van der Waals surface area contributed by atoms with Crippen LogP contribution >= 0.6 is 11.8 Å². The molecule has 0 spiro atoms. The van der Waals surface area contributed by atoms with Gasteiger partial charge in [-0.25, -0.2) is 4.39 Å². The molecule has 2 amide bonds. The molecule has 2 aliphatic rings. The van der Waals surface area contributed by atoms with Crippen molar-refractivity contribution in [2.24, 2.45) is 0 Å². The third-order valence-corrected chi connectivity index (χ3v) is 7.53. The molecule has 3 aromatic carbocycles. The van der Waals surface area contributed by atoms with Crippen LogP contribution in [-0.2, 0) is 4.79 Å². The fourth-order valence-corrected chi connectivity index (χ4v) is 5.50. The molecule has 3 aromatic rings. The maximum atomic E-state index is 13.3. The van der Waals surface area contributed by atoms with E-state index in [-0.39, 0.29) is 17.6 Å². The molecule has 2 heterocycles. The Hall–Kier alpha value is -3.78. The quantitative estimate of drug-likeness (QED) is 0.474. The number of hydrogen-bond acceptors (Lipinski definition) is 5. The van der Waals surface area contributed by atoms with Crippen molar-refractivity contribution in [2.75, 3.05) is 50.1 Å². The highest BCUT2D eigenvalue weighted by molar-refractivity contribution is 8.04. The number of amides is 2. The highest BCUT2D eigenvalue weighted by atomic mass is 32.2. The molecule has 184 valence electrons. The molecule has 0 N–H and O–H groups in total. The van der Waals surface area contributed by atoms with Crippen LogP contribution in [0.1, 0.15) is 15.9 Å². The van der Waals surface area contributed by atoms with E-state index in [1.54, 1.807) is 37.3 Å². The molecular formula is C28H26FN3O3S. The Kier molecular flexibility index (Phi) is 6.69. The molecule has 6 nitrogen and oxygen atoms in total. The number of carbonyl (C=O) groups is 2. The largest absolute Gasteiger partial charge is 0.497 e. The first-order valence-corrected chi connectivity index (χ1v) is 12.5. The molecule has 1 fully saturated rings. The number of methoxy groups -OCH3 is 1. The van der Waals surface area contributed by atoms with E-state index in [2.05, 4.69) is 4.90 Å². The number of hydrogen-bond donors (Lipinski definition) is 0. The second-order valence-electron chi connectivity index (χ2n) is 8.69. The normalized spacial score (nSPS) is 16.8. The van der Waals surface area contributed by atoms with Crippen LogP contribution in [0, 0.1) is 5.82 Å². The van der Waals surface area contributed by atoms with Gasteiger partial charge in [0.25, 0.3) is 11.8 Å². The van der Waals surface area contributed by atoms with Crippen molar-refractivity contribution in [2.45, 2.75) is 4.90 Å². The third-order valence-electron chi connectivity index (χ3n) is 6.45. The molecule has 0 atom stereocenters. The van der Waals surface area contributed by atoms with Gasteiger partial charge in [-0.3, -0.25) is 9.59 Å². The monoisotopic (exact) mass is 503 g/mol. The average molecular weight is 504 g/mol. The minimum Gasteiger partial charge on any atom is -0.497 e. The van der Waals surface area contributed by atoms with Crippen molar-refractivity contribution in [3.63, 3.8) is 0 Å². The van der Waals surface area contributed by atoms with Crippen LogP contribution in [0.4, 0.5) is 15.8 Å². The summed E-state index contributed by atoms with van der Waals surface area (Å²) < 4.78 is 18.5. The average Bonchev–Trinajstić information content (AvgIpc) is 2.91. The Morgan fingerprint density at radius 2 is 1.75 bits per heavy atom. The van der Waals surface area contributed by atoms with Crippen LogP contribution in [0.2, 0.25) is 0 Å². The fourth-order valence-electron chi connectivity index (χ4n) is 4.41. The summed E-state index contributed by atoms with van der Waals surface area (Å²) in [7, 11) is 3.34. The Morgan fingerprint density at radius 1 is 1.00 bits per heavy atom. The minimum absolute atomic E-state index is 0.0554. The molecule has 0 bridgehead atoms. The Morgan fingerprint density at radius 3 is 2.47 bits per heavy atom. The maximum absolute atomic E-state index is 13.3. The van der Waals surface area contributed by atoms with E-state index in [0.717, 1.165) is 27.6 Å². The van der Waals surface area contributed by atoms with Crippen LogP contribution in [0.3, 0.4) is 0 Å². The summed E-state index contributed by atoms with van der Waals surface area (Å²) in [5, 5.41) is 0. The topological polar surface area (TPSA) is 53.1 Å². The molecular weight excluding hydrogens is 477 g/mol. The van der Waals surface area contributed by atoms with Crippen molar-refractivity contribution in [1.29, 1.82) is 0 Å². The molecule has 5 rings (SSSR count). The van der Waals surface area contributed by atoms with Gasteiger partial charge in [-0.2, -0.15) is 0 Å². The van der Waals surface area contributed by atoms with E-state index >= 15 is 0 Å². The molecule has 0 aromatic heterocycles. The zero-order valence-electron chi connectivity index (χ0n) is 20.1. The number of ether oxygens (including phenoxy) is 1. The van der Waals surface area contributed by atoms with Gasteiger partial charge in [0, 0.05) is 49.4 Å². The van der Waals surface area contributed by atoms with Crippen LogP contribution in [0.15, 0.2) is 76.5 Å². The zero-order chi connectivity index (χ0) is 25.2. The van der Waals surface area contributed by atoms with Crippen LogP contribution < -0.4 is 14.5 Å². The molecule has 0 radical (unpaired) electrons. The van der Waals surface area contributed by atoms with Gasteiger partial charge in [-0.05, 0) is 66.2 Å². The van der Waals surface area contributed by atoms with E-state index in [1.165, 1.54) is 23.9 Å². The lowest BCUT2D eigenvalue weighted by molar-refractivity contribution is -0.114. The summed E-state index contributed by atoms with van der Waals surface area (Å²) >= 11 is 1.40. The molecule has 0 saturated carbocycles. The summed E-state index contributed by atoms with van der Waals surface area (Å²) in [6, 6.07) is 19.5. The van der Waals surface area contributed by atoms with Crippen molar-refractivity contribution < 1.29 is 18.7 Å². The summed E-state index contributed by atoms with van der Waals surface area (Å²) in [4.78, 5) is 33.5. The summed E-state index contributed by atoms with van der Waals surface area (Å²) in [5.41, 5.74) is 3.12. The van der Waals surface area contributed by atoms with E-state index < -0.39 is 0 Å². The highest BCUT2D eigenvalue weighted by Gasteiger charge is 2.29. The minimum atomic E-state index is -0.260. The summed E-state index contributed by atoms with van der Waals surface area (Å²) in [6.07, 6.45) is 1.86. The van der Waals surface area contributed by atoms with Gasteiger partial charge < -0.3 is 19.4 Å². The number of piperazine rings is 1. The second kappa shape index (κ2) is 10.1. The number of carbonyl (C=O) groups excluding carboxylic acids is 2. The van der Waals surface area contributed by atoms with Crippen LogP contribution in [0.25, 0.3) is 6.08 Å². The Balaban J connectivity index is 1.30. The van der Waals surface area contributed by atoms with E-state index in [9.17, 15) is 14.0 Å². The maximum Gasteiger partial charge on any atom is 0.264 e. The van der Waals surface area contributed by atoms with Gasteiger partial charge >= 0.3 is 0 Å². The SMILES string of the molecule is COc1cccc(/C=C2\Sc3ccc(C(=O)N4CCN(c5ccc(F)cc5)CC4)cc3N(C)C2=O)c1. The number of thioether (sulfide) groups is 1. The first kappa shape index (κ1) is 23.9. The lowest BCUT2D eigenvalue weighted by atomic mass is 10.1. The molecule has 1 saturated heterocycles. The first-order chi connectivity index (χ1) is 17.4. The predicted molar refractivity (Wildman–Crippen MR) is 141 cm³/mol. The molecule has 36 heavy (non-hydrogen) atoms. The standard InChI is InChI=1S/C28H26FN3O3S/c1-30-24-18-20(27(33)32-14-12-31(13-15-32)22-9-7-21(29)8-10-22)6-11-25(24)36-26(28(30)34)17-19-4-3-5-23(16-19)35-2/h3-11,16-18H,12-15H2,1-2H3/b26-17-. The molecule has 0 aliphatic carbocycles. The number of likely N-dealkylation sites (N-methyl/N-ethyl adjacent to an activating group) is 1.